The van der Waals surface area contributed by atoms with Gasteiger partial charge in [0.05, 0.1) is 6.61 Å². The molecule has 6 nitrogen and oxygen atoms in total. The fourth-order valence-corrected chi connectivity index (χ4v) is 2.48. The molecule has 0 fully saturated rings. The number of esters is 1. The quantitative estimate of drug-likeness (QED) is 0.430. The molecule has 0 aliphatic rings. The van der Waals surface area contributed by atoms with Crippen LogP contribution in [0.25, 0.3) is 6.08 Å². The highest BCUT2D eigenvalue weighted by molar-refractivity contribution is 5.97. The molecule has 0 bridgehead atoms. The first kappa shape index (κ1) is 20.9. The molecular formula is C22H23NO5. The topological polar surface area (TPSA) is 81.7 Å². The number of nitrogens with one attached hydrogen (secondary N) is 1. The average molecular weight is 381 g/mol. The molecule has 0 saturated heterocycles. The average Bonchev–Trinajstić information content (AvgIpc) is 2.67. The van der Waals surface area contributed by atoms with E-state index in [9.17, 15) is 14.4 Å². The number of carbonyl (C=O) groups excluding carboxylic acids is 3. The standard InChI is InChI=1S/C22H23NO5/c1-4-27-21-11-10-18(15(2)24)13-19(21)14-28-22(26)20(23-16(3)25)12-17-8-6-5-7-9-17/h5-13H,4,14H2,1-3H3,(H,23,25)/b20-12+. The van der Waals surface area contributed by atoms with Crippen LogP contribution in [0.4, 0.5) is 0 Å². The maximum absolute atomic E-state index is 12.5. The Balaban J connectivity index is 2.22. The van der Waals surface area contributed by atoms with Crippen LogP contribution in [0.15, 0.2) is 54.2 Å². The van der Waals surface area contributed by atoms with Gasteiger partial charge >= 0.3 is 5.97 Å². The molecule has 146 valence electrons. The van der Waals surface area contributed by atoms with Gasteiger partial charge in [0.15, 0.2) is 5.78 Å². The Hall–Kier alpha value is -3.41. The number of hydrogen-bond acceptors (Lipinski definition) is 5. The minimum absolute atomic E-state index is 0.0272. The second kappa shape index (κ2) is 10.1. The Labute approximate surface area is 164 Å². The van der Waals surface area contributed by atoms with Crippen molar-refractivity contribution in [3.63, 3.8) is 0 Å². The van der Waals surface area contributed by atoms with Crippen molar-refractivity contribution < 1.29 is 23.9 Å². The van der Waals surface area contributed by atoms with E-state index in [1.807, 2.05) is 25.1 Å². The van der Waals surface area contributed by atoms with E-state index in [0.717, 1.165) is 5.56 Å². The summed E-state index contributed by atoms with van der Waals surface area (Å²) in [4.78, 5) is 35.6. The van der Waals surface area contributed by atoms with Gasteiger partial charge in [0.2, 0.25) is 5.91 Å². The Morgan fingerprint density at radius 1 is 1.04 bits per heavy atom. The second-order valence-electron chi connectivity index (χ2n) is 6.04. The summed E-state index contributed by atoms with van der Waals surface area (Å²) in [6, 6.07) is 14.1. The summed E-state index contributed by atoms with van der Waals surface area (Å²) in [5, 5.41) is 2.50. The van der Waals surface area contributed by atoms with Gasteiger partial charge in [0.25, 0.3) is 0 Å². The Bertz CT molecular complexity index is 887. The molecule has 2 aromatic carbocycles. The maximum Gasteiger partial charge on any atom is 0.355 e. The lowest BCUT2D eigenvalue weighted by molar-refractivity contribution is -0.141. The van der Waals surface area contributed by atoms with Crippen molar-refractivity contribution >= 4 is 23.7 Å². The van der Waals surface area contributed by atoms with E-state index in [1.54, 1.807) is 36.4 Å². The number of Topliss-reactive ketones (excluding diaryl/α,β-unsaturated/α-hetero) is 1. The number of ketones is 1. The fourth-order valence-electron chi connectivity index (χ4n) is 2.48. The molecule has 2 rings (SSSR count). The van der Waals surface area contributed by atoms with Gasteiger partial charge in [-0.15, -0.1) is 0 Å². The highest BCUT2D eigenvalue weighted by atomic mass is 16.5. The molecule has 0 saturated carbocycles. The number of hydrogen-bond donors (Lipinski definition) is 1. The van der Waals surface area contributed by atoms with Gasteiger partial charge in [0.1, 0.15) is 18.1 Å². The van der Waals surface area contributed by atoms with E-state index in [1.165, 1.54) is 13.8 Å². The van der Waals surface area contributed by atoms with Crippen LogP contribution in [0, 0.1) is 0 Å². The van der Waals surface area contributed by atoms with Crippen LogP contribution in [-0.4, -0.2) is 24.3 Å². The van der Waals surface area contributed by atoms with Crippen molar-refractivity contribution in [2.75, 3.05) is 6.61 Å². The van der Waals surface area contributed by atoms with Gasteiger partial charge in [-0.2, -0.15) is 0 Å². The highest BCUT2D eigenvalue weighted by Gasteiger charge is 2.15. The van der Waals surface area contributed by atoms with E-state index >= 15 is 0 Å². The minimum Gasteiger partial charge on any atom is -0.493 e. The molecule has 2 aromatic rings. The molecule has 0 atom stereocenters. The van der Waals surface area contributed by atoms with Gasteiger partial charge in [-0.3, -0.25) is 9.59 Å². The fraction of sp³-hybridized carbons (Fsp3) is 0.227. The maximum atomic E-state index is 12.5. The van der Waals surface area contributed by atoms with Crippen molar-refractivity contribution in [2.24, 2.45) is 0 Å². The Kier molecular flexibility index (Phi) is 7.51. The number of rotatable bonds is 8. The summed E-state index contributed by atoms with van der Waals surface area (Å²) in [5.74, 6) is -0.630. The SMILES string of the molecule is CCOc1ccc(C(C)=O)cc1COC(=O)/C(=C\c1ccccc1)NC(C)=O. The lowest BCUT2D eigenvalue weighted by atomic mass is 10.1. The molecule has 0 aliphatic heterocycles. The molecule has 6 heteroatoms. The lowest BCUT2D eigenvalue weighted by Crippen LogP contribution is -2.26. The zero-order chi connectivity index (χ0) is 20.5. The Morgan fingerprint density at radius 2 is 1.75 bits per heavy atom. The van der Waals surface area contributed by atoms with E-state index in [4.69, 9.17) is 9.47 Å². The third-order valence-corrected chi connectivity index (χ3v) is 3.77. The van der Waals surface area contributed by atoms with Crippen molar-refractivity contribution in [3.05, 3.63) is 70.9 Å². The Morgan fingerprint density at radius 3 is 2.36 bits per heavy atom. The van der Waals surface area contributed by atoms with Gasteiger partial charge in [-0.05, 0) is 43.7 Å². The molecule has 0 aliphatic carbocycles. The van der Waals surface area contributed by atoms with Crippen LogP contribution in [0.2, 0.25) is 0 Å². The van der Waals surface area contributed by atoms with E-state index in [0.29, 0.717) is 23.5 Å². The summed E-state index contributed by atoms with van der Waals surface area (Å²) >= 11 is 0. The molecule has 0 radical (unpaired) electrons. The number of carbonyl (C=O) groups is 3. The normalized spacial score (nSPS) is 10.9. The van der Waals surface area contributed by atoms with Gasteiger partial charge in [0, 0.05) is 18.1 Å². The smallest absolute Gasteiger partial charge is 0.355 e. The van der Waals surface area contributed by atoms with Crippen LogP contribution in [0.5, 0.6) is 5.75 Å². The van der Waals surface area contributed by atoms with E-state index in [-0.39, 0.29) is 24.0 Å². The predicted octanol–water partition coefficient (Wildman–Crippen LogP) is 3.51. The van der Waals surface area contributed by atoms with Gasteiger partial charge in [-0.25, -0.2) is 4.79 Å². The highest BCUT2D eigenvalue weighted by Crippen LogP contribution is 2.22. The van der Waals surface area contributed by atoms with Crippen molar-refractivity contribution in [2.45, 2.75) is 27.4 Å². The van der Waals surface area contributed by atoms with Crippen LogP contribution in [0.3, 0.4) is 0 Å². The third kappa shape index (κ3) is 6.09. The van der Waals surface area contributed by atoms with E-state index < -0.39 is 5.97 Å². The van der Waals surface area contributed by atoms with Crippen LogP contribution < -0.4 is 10.1 Å². The molecular weight excluding hydrogens is 358 g/mol. The van der Waals surface area contributed by atoms with Crippen LogP contribution in [0.1, 0.15) is 42.3 Å². The molecule has 0 spiro atoms. The van der Waals surface area contributed by atoms with Gasteiger partial charge in [-0.1, -0.05) is 30.3 Å². The van der Waals surface area contributed by atoms with Gasteiger partial charge < -0.3 is 14.8 Å². The van der Waals surface area contributed by atoms with Crippen molar-refractivity contribution in [1.29, 1.82) is 0 Å². The second-order valence-corrected chi connectivity index (χ2v) is 6.04. The molecule has 0 unspecified atom stereocenters. The van der Waals surface area contributed by atoms with Crippen molar-refractivity contribution in [1.82, 2.24) is 5.32 Å². The van der Waals surface area contributed by atoms with Crippen LogP contribution in [-0.2, 0) is 20.9 Å². The summed E-state index contributed by atoms with van der Waals surface area (Å²) in [5.41, 5.74) is 1.84. The van der Waals surface area contributed by atoms with Crippen LogP contribution >= 0.6 is 0 Å². The summed E-state index contributed by atoms with van der Waals surface area (Å²) in [7, 11) is 0. The summed E-state index contributed by atoms with van der Waals surface area (Å²) in [6.45, 7) is 4.96. The monoisotopic (exact) mass is 381 g/mol. The summed E-state index contributed by atoms with van der Waals surface area (Å²) in [6.07, 6.45) is 1.54. The molecule has 0 aromatic heterocycles. The first-order valence-corrected chi connectivity index (χ1v) is 8.88. The molecule has 0 heterocycles. The summed E-state index contributed by atoms with van der Waals surface area (Å²) < 4.78 is 10.9. The predicted molar refractivity (Wildman–Crippen MR) is 106 cm³/mol. The first-order valence-electron chi connectivity index (χ1n) is 8.88. The number of benzene rings is 2. The number of amides is 1. The minimum atomic E-state index is -0.685. The molecule has 28 heavy (non-hydrogen) atoms. The first-order chi connectivity index (χ1) is 13.4. The number of ether oxygens (including phenoxy) is 2. The zero-order valence-electron chi connectivity index (χ0n) is 16.2. The molecule has 1 amide bonds. The largest absolute Gasteiger partial charge is 0.493 e. The lowest BCUT2D eigenvalue weighted by Gasteiger charge is -2.13. The zero-order valence-corrected chi connectivity index (χ0v) is 16.2. The molecule has 1 N–H and O–H groups in total. The third-order valence-electron chi connectivity index (χ3n) is 3.77. The van der Waals surface area contributed by atoms with Crippen molar-refractivity contribution in [3.8, 4) is 5.75 Å². The van der Waals surface area contributed by atoms with E-state index in [2.05, 4.69) is 5.32 Å².